The zero-order chi connectivity index (χ0) is 13.5. The van der Waals surface area contributed by atoms with Gasteiger partial charge in [-0.3, -0.25) is 0 Å². The van der Waals surface area contributed by atoms with Crippen molar-refractivity contribution in [2.75, 3.05) is 6.54 Å². The monoisotopic (exact) mass is 281 g/mol. The van der Waals surface area contributed by atoms with Crippen LogP contribution in [0.4, 0.5) is 0 Å². The molecule has 1 aliphatic carbocycles. The number of halogens is 1. The molecule has 2 rings (SSSR count). The van der Waals surface area contributed by atoms with Crippen LogP contribution in [0.25, 0.3) is 0 Å². The van der Waals surface area contributed by atoms with Crippen LogP contribution < -0.4 is 10.1 Å². The summed E-state index contributed by atoms with van der Waals surface area (Å²) >= 11 is 5.91. The first-order valence-corrected chi connectivity index (χ1v) is 7.83. The Morgan fingerprint density at radius 2 is 1.79 bits per heavy atom. The standard InChI is InChI=1S/C16H24ClNO/c1-2-18-15-7-5-3-4-6-8-16(15)19-14-11-9-13(17)10-12-14/h9-12,15-16,18H,2-8H2,1H3. The lowest BCUT2D eigenvalue weighted by Crippen LogP contribution is -2.43. The molecular weight excluding hydrogens is 258 g/mol. The van der Waals surface area contributed by atoms with Gasteiger partial charge in [0, 0.05) is 11.1 Å². The highest BCUT2D eigenvalue weighted by Crippen LogP contribution is 2.24. The van der Waals surface area contributed by atoms with E-state index in [1.54, 1.807) is 0 Å². The molecule has 0 radical (unpaired) electrons. The molecule has 1 aromatic carbocycles. The predicted octanol–water partition coefficient (Wildman–Crippen LogP) is 4.42. The summed E-state index contributed by atoms with van der Waals surface area (Å²) in [5.74, 6) is 0.929. The Kier molecular flexibility index (Phi) is 5.99. The van der Waals surface area contributed by atoms with Gasteiger partial charge in [-0.1, -0.05) is 37.8 Å². The molecule has 1 saturated carbocycles. The van der Waals surface area contributed by atoms with Gasteiger partial charge in [-0.2, -0.15) is 0 Å². The van der Waals surface area contributed by atoms with Crippen molar-refractivity contribution in [3.8, 4) is 5.75 Å². The van der Waals surface area contributed by atoms with Gasteiger partial charge in [0.2, 0.25) is 0 Å². The van der Waals surface area contributed by atoms with E-state index < -0.39 is 0 Å². The van der Waals surface area contributed by atoms with E-state index in [9.17, 15) is 0 Å². The second kappa shape index (κ2) is 7.76. The van der Waals surface area contributed by atoms with Gasteiger partial charge >= 0.3 is 0 Å². The maximum absolute atomic E-state index is 6.19. The van der Waals surface area contributed by atoms with Crippen LogP contribution in [0.15, 0.2) is 24.3 Å². The maximum Gasteiger partial charge on any atom is 0.119 e. The summed E-state index contributed by atoms with van der Waals surface area (Å²) in [7, 11) is 0. The van der Waals surface area contributed by atoms with E-state index in [4.69, 9.17) is 16.3 Å². The lowest BCUT2D eigenvalue weighted by molar-refractivity contribution is 0.128. The Labute approximate surface area is 121 Å². The van der Waals surface area contributed by atoms with Crippen molar-refractivity contribution in [3.05, 3.63) is 29.3 Å². The average Bonchev–Trinajstić information content (AvgIpc) is 2.39. The molecule has 0 spiro atoms. The molecule has 106 valence electrons. The molecule has 0 heterocycles. The molecule has 2 unspecified atom stereocenters. The molecule has 2 nitrogen and oxygen atoms in total. The van der Waals surface area contributed by atoms with Crippen LogP contribution in [-0.2, 0) is 0 Å². The number of ether oxygens (including phenoxy) is 1. The topological polar surface area (TPSA) is 21.3 Å². The van der Waals surface area contributed by atoms with Crippen LogP contribution >= 0.6 is 11.6 Å². The van der Waals surface area contributed by atoms with E-state index >= 15 is 0 Å². The summed E-state index contributed by atoms with van der Waals surface area (Å²) in [4.78, 5) is 0. The molecule has 0 aromatic heterocycles. The van der Waals surface area contributed by atoms with Crippen molar-refractivity contribution < 1.29 is 4.74 Å². The zero-order valence-electron chi connectivity index (χ0n) is 11.7. The van der Waals surface area contributed by atoms with Gasteiger partial charge in [-0.15, -0.1) is 0 Å². The summed E-state index contributed by atoms with van der Waals surface area (Å²) in [6, 6.07) is 8.18. The molecule has 1 aromatic rings. The average molecular weight is 282 g/mol. The van der Waals surface area contributed by atoms with Crippen molar-refractivity contribution in [2.45, 2.75) is 57.6 Å². The van der Waals surface area contributed by atoms with Gasteiger partial charge in [-0.25, -0.2) is 0 Å². The van der Waals surface area contributed by atoms with Crippen LogP contribution in [-0.4, -0.2) is 18.7 Å². The Hall–Kier alpha value is -0.730. The number of hydrogen-bond donors (Lipinski definition) is 1. The Morgan fingerprint density at radius 3 is 2.47 bits per heavy atom. The fraction of sp³-hybridized carbons (Fsp3) is 0.625. The predicted molar refractivity (Wildman–Crippen MR) is 81.0 cm³/mol. The first-order chi connectivity index (χ1) is 9.29. The van der Waals surface area contributed by atoms with E-state index in [1.807, 2.05) is 24.3 Å². The second-order valence-corrected chi connectivity index (χ2v) is 5.70. The minimum atomic E-state index is 0.279. The smallest absolute Gasteiger partial charge is 0.119 e. The highest BCUT2D eigenvalue weighted by Gasteiger charge is 2.23. The summed E-state index contributed by atoms with van der Waals surface area (Å²) in [5.41, 5.74) is 0. The van der Waals surface area contributed by atoms with Gasteiger partial charge in [0.1, 0.15) is 11.9 Å². The van der Waals surface area contributed by atoms with E-state index in [2.05, 4.69) is 12.2 Å². The molecule has 0 saturated heterocycles. The first-order valence-electron chi connectivity index (χ1n) is 7.45. The number of hydrogen-bond acceptors (Lipinski definition) is 2. The van der Waals surface area contributed by atoms with Crippen LogP contribution in [0.3, 0.4) is 0 Å². The lowest BCUT2D eigenvalue weighted by atomic mass is 9.94. The van der Waals surface area contributed by atoms with Gasteiger partial charge < -0.3 is 10.1 Å². The molecule has 3 heteroatoms. The third kappa shape index (κ3) is 4.70. The lowest BCUT2D eigenvalue weighted by Gasteiger charge is -2.30. The van der Waals surface area contributed by atoms with Crippen molar-refractivity contribution in [2.24, 2.45) is 0 Å². The largest absolute Gasteiger partial charge is 0.489 e. The van der Waals surface area contributed by atoms with E-state index in [-0.39, 0.29) is 6.10 Å². The Morgan fingerprint density at radius 1 is 1.11 bits per heavy atom. The number of nitrogens with one attached hydrogen (secondary N) is 1. The molecule has 1 aliphatic rings. The van der Waals surface area contributed by atoms with Crippen LogP contribution in [0.1, 0.15) is 45.4 Å². The van der Waals surface area contributed by atoms with E-state index in [0.29, 0.717) is 6.04 Å². The fourth-order valence-corrected chi connectivity index (χ4v) is 2.90. The molecule has 19 heavy (non-hydrogen) atoms. The molecule has 0 amide bonds. The molecule has 2 atom stereocenters. The Balaban J connectivity index is 2.01. The fourth-order valence-electron chi connectivity index (χ4n) is 2.78. The van der Waals surface area contributed by atoms with E-state index in [1.165, 1.54) is 32.1 Å². The van der Waals surface area contributed by atoms with Crippen LogP contribution in [0, 0.1) is 0 Å². The second-order valence-electron chi connectivity index (χ2n) is 5.27. The third-order valence-electron chi connectivity index (χ3n) is 3.77. The molecule has 1 N–H and O–H groups in total. The quantitative estimate of drug-likeness (QED) is 0.882. The minimum absolute atomic E-state index is 0.279. The summed E-state index contributed by atoms with van der Waals surface area (Å²) in [5, 5.41) is 4.34. The summed E-state index contributed by atoms with van der Waals surface area (Å²) < 4.78 is 6.19. The Bertz CT molecular complexity index is 366. The molecule has 0 aliphatic heterocycles. The van der Waals surface area contributed by atoms with Gasteiger partial charge in [0.05, 0.1) is 0 Å². The van der Waals surface area contributed by atoms with Crippen LogP contribution in [0.5, 0.6) is 5.75 Å². The highest BCUT2D eigenvalue weighted by atomic mass is 35.5. The third-order valence-corrected chi connectivity index (χ3v) is 4.02. The number of likely N-dealkylation sites (N-methyl/N-ethyl adjacent to an activating group) is 1. The normalized spacial score (nSPS) is 24.5. The highest BCUT2D eigenvalue weighted by molar-refractivity contribution is 6.30. The van der Waals surface area contributed by atoms with Gasteiger partial charge in [-0.05, 0) is 50.1 Å². The number of rotatable bonds is 4. The van der Waals surface area contributed by atoms with Crippen molar-refractivity contribution in [1.82, 2.24) is 5.32 Å². The van der Waals surface area contributed by atoms with Crippen molar-refractivity contribution >= 4 is 11.6 Å². The van der Waals surface area contributed by atoms with Crippen molar-refractivity contribution in [1.29, 1.82) is 0 Å². The SMILES string of the molecule is CCNC1CCCCCCC1Oc1ccc(Cl)cc1. The minimum Gasteiger partial charge on any atom is -0.489 e. The molecular formula is C16H24ClNO. The van der Waals surface area contributed by atoms with Crippen molar-refractivity contribution in [3.63, 3.8) is 0 Å². The van der Waals surface area contributed by atoms with Gasteiger partial charge in [0.25, 0.3) is 0 Å². The van der Waals surface area contributed by atoms with Gasteiger partial charge in [0.15, 0.2) is 0 Å². The molecule has 1 fully saturated rings. The van der Waals surface area contributed by atoms with E-state index in [0.717, 1.165) is 23.7 Å². The van der Waals surface area contributed by atoms with Crippen LogP contribution in [0.2, 0.25) is 5.02 Å². The first kappa shape index (κ1) is 14.7. The zero-order valence-corrected chi connectivity index (χ0v) is 12.5. The summed E-state index contributed by atoms with van der Waals surface area (Å²) in [6.45, 7) is 3.17. The molecule has 0 bridgehead atoms. The summed E-state index contributed by atoms with van der Waals surface area (Å²) in [6.07, 6.45) is 7.89. The number of benzene rings is 1. The maximum atomic E-state index is 6.19.